The van der Waals surface area contributed by atoms with Crippen LogP contribution in [0.15, 0.2) is 11.4 Å². The topological polar surface area (TPSA) is 0 Å². The van der Waals surface area contributed by atoms with Gasteiger partial charge in [-0.3, -0.25) is 0 Å². The third-order valence-electron chi connectivity index (χ3n) is 4.13. The van der Waals surface area contributed by atoms with Crippen LogP contribution in [0.1, 0.15) is 59.3 Å². The van der Waals surface area contributed by atoms with Gasteiger partial charge in [-0.1, -0.05) is 0 Å². The van der Waals surface area contributed by atoms with Crippen LogP contribution >= 0.6 is 11.3 Å². The Kier molecular flexibility index (Phi) is 8.63. The van der Waals surface area contributed by atoms with Crippen LogP contribution in [0.4, 0.5) is 4.39 Å². The van der Waals surface area contributed by atoms with E-state index in [1.165, 1.54) is 54.7 Å². The summed E-state index contributed by atoms with van der Waals surface area (Å²) in [7, 11) is 0. The molecule has 0 aromatic carbocycles. The standard InChI is InChI=1S/C4H2FS.3C4H9.Sn/c5-4-1-2-6-3-4;3*1-3-4-2;/h1-2H;3*1,3-4H2,2H3;. The molecule has 1 aromatic rings. The van der Waals surface area contributed by atoms with Crippen molar-refractivity contribution in [1.82, 2.24) is 0 Å². The zero-order valence-corrected chi connectivity index (χ0v) is 16.5. The summed E-state index contributed by atoms with van der Waals surface area (Å²) in [5.41, 5.74) is 0. The Hall–Kier alpha value is 0.429. The van der Waals surface area contributed by atoms with Crippen LogP contribution in [0.3, 0.4) is 0 Å². The summed E-state index contributed by atoms with van der Waals surface area (Å²) in [6.07, 6.45) is 7.68. The van der Waals surface area contributed by atoms with Crippen molar-refractivity contribution in [2.24, 2.45) is 0 Å². The van der Waals surface area contributed by atoms with Gasteiger partial charge in [-0.05, 0) is 0 Å². The molecule has 0 saturated heterocycles. The monoisotopic (exact) mass is 392 g/mol. The second-order valence-corrected chi connectivity index (χ2v) is 20.7. The number of hydrogen-bond acceptors (Lipinski definition) is 1. The Morgan fingerprint density at radius 3 is 1.74 bits per heavy atom. The fraction of sp³-hybridized carbons (Fsp3) is 0.750. The summed E-state index contributed by atoms with van der Waals surface area (Å²) >= 11 is -0.725. The van der Waals surface area contributed by atoms with Crippen molar-refractivity contribution in [2.45, 2.75) is 72.6 Å². The van der Waals surface area contributed by atoms with E-state index in [0.717, 1.165) is 0 Å². The van der Waals surface area contributed by atoms with Gasteiger partial charge in [0, 0.05) is 0 Å². The van der Waals surface area contributed by atoms with Crippen molar-refractivity contribution in [2.75, 3.05) is 0 Å². The van der Waals surface area contributed by atoms with Crippen LogP contribution in [0.5, 0.6) is 0 Å². The quantitative estimate of drug-likeness (QED) is 0.433. The number of rotatable bonds is 10. The molecule has 1 aromatic heterocycles. The molecule has 19 heavy (non-hydrogen) atoms. The van der Waals surface area contributed by atoms with Gasteiger partial charge in [-0.2, -0.15) is 0 Å². The number of thiophene rings is 1. The molecule has 0 aliphatic rings. The van der Waals surface area contributed by atoms with Crippen LogP contribution in [-0.2, 0) is 0 Å². The van der Waals surface area contributed by atoms with Crippen LogP contribution in [0.25, 0.3) is 0 Å². The van der Waals surface area contributed by atoms with Crippen LogP contribution in [-0.4, -0.2) is 18.4 Å². The Morgan fingerprint density at radius 2 is 1.42 bits per heavy atom. The number of halogens is 1. The van der Waals surface area contributed by atoms with Gasteiger partial charge in [0.25, 0.3) is 0 Å². The van der Waals surface area contributed by atoms with Crippen molar-refractivity contribution in [3.63, 3.8) is 0 Å². The first-order valence-corrected chi connectivity index (χ1v) is 16.3. The van der Waals surface area contributed by atoms with E-state index in [2.05, 4.69) is 20.8 Å². The van der Waals surface area contributed by atoms with E-state index in [1.54, 1.807) is 17.4 Å². The second kappa shape index (κ2) is 9.38. The summed E-state index contributed by atoms with van der Waals surface area (Å²) in [4.78, 5) is 0. The first kappa shape index (κ1) is 17.5. The first-order chi connectivity index (χ1) is 9.20. The Balaban J connectivity index is 2.97. The van der Waals surface area contributed by atoms with Crippen LogP contribution in [0.2, 0.25) is 13.3 Å². The summed E-state index contributed by atoms with van der Waals surface area (Å²) < 4.78 is 19.5. The molecule has 1 rings (SSSR count). The molecule has 110 valence electrons. The van der Waals surface area contributed by atoms with Gasteiger partial charge in [-0.25, -0.2) is 0 Å². The van der Waals surface area contributed by atoms with E-state index in [4.69, 9.17) is 0 Å². The summed E-state index contributed by atoms with van der Waals surface area (Å²) in [5.74, 6) is 0.129. The summed E-state index contributed by atoms with van der Waals surface area (Å²) in [6, 6.07) is 1.70. The van der Waals surface area contributed by atoms with E-state index in [0.29, 0.717) is 0 Å². The molecule has 0 fully saturated rings. The van der Waals surface area contributed by atoms with Gasteiger partial charge in [0.15, 0.2) is 0 Å². The van der Waals surface area contributed by atoms with Crippen molar-refractivity contribution < 1.29 is 4.39 Å². The minimum absolute atomic E-state index is 0.129. The molecule has 3 heteroatoms. The van der Waals surface area contributed by atoms with E-state index in [-0.39, 0.29) is 5.82 Å². The third-order valence-corrected chi connectivity index (χ3v) is 23.4. The normalized spacial score (nSPS) is 12.0. The molecule has 0 amide bonds. The Morgan fingerprint density at radius 1 is 0.947 bits per heavy atom. The molecule has 0 nitrogen and oxygen atoms in total. The van der Waals surface area contributed by atoms with E-state index in [9.17, 15) is 4.39 Å². The molecule has 1 heterocycles. The summed E-state index contributed by atoms with van der Waals surface area (Å²) in [6.45, 7) is 6.79. The molecule has 0 atom stereocenters. The van der Waals surface area contributed by atoms with E-state index in [1.807, 2.05) is 5.38 Å². The molecule has 0 N–H and O–H groups in total. The third kappa shape index (κ3) is 5.04. The molecule has 0 spiro atoms. The zero-order chi connectivity index (χ0) is 14.1. The van der Waals surface area contributed by atoms with Crippen LogP contribution in [0, 0.1) is 5.82 Å². The molecular formula is C16H29FSSn. The predicted octanol–water partition coefficient (Wildman–Crippen LogP) is 5.94. The average Bonchev–Trinajstić information content (AvgIpc) is 2.85. The first-order valence-electron chi connectivity index (χ1n) is 7.93. The number of hydrogen-bond donors (Lipinski definition) is 0. The van der Waals surface area contributed by atoms with Gasteiger partial charge in [0.2, 0.25) is 0 Å². The van der Waals surface area contributed by atoms with Crippen LogP contribution < -0.4 is 2.89 Å². The van der Waals surface area contributed by atoms with Crippen molar-refractivity contribution in [3.05, 3.63) is 17.3 Å². The van der Waals surface area contributed by atoms with Gasteiger partial charge in [0.1, 0.15) is 0 Å². The predicted molar refractivity (Wildman–Crippen MR) is 88.8 cm³/mol. The van der Waals surface area contributed by atoms with Crippen molar-refractivity contribution >= 4 is 32.6 Å². The molecule has 0 radical (unpaired) electrons. The van der Waals surface area contributed by atoms with E-state index >= 15 is 0 Å². The Bertz CT molecular complexity index is 326. The molecule has 0 saturated carbocycles. The molecular weight excluding hydrogens is 362 g/mol. The van der Waals surface area contributed by atoms with Crippen molar-refractivity contribution in [3.8, 4) is 0 Å². The maximum atomic E-state index is 14.2. The molecule has 0 unspecified atom stereocenters. The SMILES string of the molecule is CCC[CH2][Sn]([CH2]CCC)([CH2]CCC)[c]1sccc1F. The van der Waals surface area contributed by atoms with Gasteiger partial charge in [0.05, 0.1) is 0 Å². The maximum absolute atomic E-state index is 14.2. The van der Waals surface area contributed by atoms with Gasteiger partial charge in [-0.15, -0.1) is 0 Å². The van der Waals surface area contributed by atoms with E-state index < -0.39 is 18.4 Å². The molecule has 0 aliphatic carbocycles. The average molecular weight is 391 g/mol. The number of unbranched alkanes of at least 4 members (excludes halogenated alkanes) is 3. The fourth-order valence-corrected chi connectivity index (χ4v) is 23.1. The molecule has 0 bridgehead atoms. The fourth-order valence-electron chi connectivity index (χ4n) is 2.93. The summed E-state index contributed by atoms with van der Waals surface area (Å²) in [5, 5.41) is 1.97. The zero-order valence-electron chi connectivity index (χ0n) is 12.8. The Labute approximate surface area is 126 Å². The van der Waals surface area contributed by atoms with Crippen molar-refractivity contribution in [1.29, 1.82) is 0 Å². The molecule has 0 aliphatic heterocycles. The van der Waals surface area contributed by atoms with Gasteiger partial charge < -0.3 is 0 Å². The van der Waals surface area contributed by atoms with Gasteiger partial charge >= 0.3 is 127 Å². The minimum atomic E-state index is -2.45. The second-order valence-electron chi connectivity index (χ2n) is 5.69.